The minimum Gasteiger partial charge on any atom is -0.462 e. The fourth-order valence-electron chi connectivity index (χ4n) is 6.27. The van der Waals surface area contributed by atoms with E-state index in [-0.39, 0.29) is 30.1 Å². The Labute approximate surface area is 144 Å². The maximum absolute atomic E-state index is 13.0. The molecule has 6 unspecified atom stereocenters. The van der Waals surface area contributed by atoms with Crippen LogP contribution in [0.3, 0.4) is 0 Å². The van der Waals surface area contributed by atoms with Crippen LogP contribution in [0.4, 0.5) is 0 Å². The van der Waals surface area contributed by atoms with Crippen LogP contribution in [0.25, 0.3) is 0 Å². The van der Waals surface area contributed by atoms with Crippen molar-refractivity contribution in [3.05, 3.63) is 12.2 Å². The Morgan fingerprint density at radius 1 is 0.917 bits per heavy atom. The number of hydrogen-bond donors (Lipinski definition) is 0. The third kappa shape index (κ3) is 2.04. The van der Waals surface area contributed by atoms with Crippen molar-refractivity contribution in [1.82, 2.24) is 0 Å². The number of hydrogen-bond acceptors (Lipinski definition) is 4. The number of ether oxygens (including phenoxy) is 2. The molecule has 4 rings (SSSR count). The second-order valence-corrected chi connectivity index (χ2v) is 8.79. The van der Waals surface area contributed by atoms with E-state index in [1.807, 2.05) is 27.7 Å². The molecule has 3 saturated carbocycles. The van der Waals surface area contributed by atoms with Crippen molar-refractivity contribution in [2.45, 2.75) is 59.2 Å². The van der Waals surface area contributed by atoms with Gasteiger partial charge < -0.3 is 9.47 Å². The monoisotopic (exact) mass is 332 g/mol. The molecule has 4 aliphatic carbocycles. The highest BCUT2D eigenvalue weighted by atomic mass is 16.6. The van der Waals surface area contributed by atoms with Gasteiger partial charge in [-0.25, -0.2) is 0 Å². The van der Waals surface area contributed by atoms with Gasteiger partial charge in [-0.2, -0.15) is 0 Å². The van der Waals surface area contributed by atoms with Crippen LogP contribution >= 0.6 is 0 Å². The van der Waals surface area contributed by atoms with Crippen molar-refractivity contribution in [1.29, 1.82) is 0 Å². The lowest BCUT2D eigenvalue weighted by Gasteiger charge is -2.42. The molecular weight excluding hydrogens is 304 g/mol. The van der Waals surface area contributed by atoms with Gasteiger partial charge >= 0.3 is 11.9 Å². The van der Waals surface area contributed by atoms with E-state index in [1.54, 1.807) is 0 Å². The van der Waals surface area contributed by atoms with Crippen LogP contribution in [-0.4, -0.2) is 24.1 Å². The van der Waals surface area contributed by atoms with Crippen molar-refractivity contribution < 1.29 is 19.1 Å². The average Bonchev–Trinajstić information content (AvgIpc) is 3.23. The summed E-state index contributed by atoms with van der Waals surface area (Å²) in [6.07, 6.45) is 7.06. The first kappa shape index (κ1) is 16.2. The summed E-state index contributed by atoms with van der Waals surface area (Å²) < 4.78 is 11.1. The Morgan fingerprint density at radius 2 is 1.46 bits per heavy atom. The van der Waals surface area contributed by atoms with Crippen molar-refractivity contribution in [3.8, 4) is 0 Å². The predicted molar refractivity (Wildman–Crippen MR) is 88.8 cm³/mol. The van der Waals surface area contributed by atoms with Gasteiger partial charge in [-0.1, -0.05) is 12.2 Å². The summed E-state index contributed by atoms with van der Waals surface area (Å²) in [5.41, 5.74) is -1.07. The fraction of sp³-hybridized carbons (Fsp3) is 0.800. The first-order chi connectivity index (χ1) is 11.3. The first-order valence-electron chi connectivity index (χ1n) is 9.45. The normalized spacial score (nSPS) is 40.4. The standard InChI is InChI=1S/C20H28O4/c1-10(2)23-18(21)20(19(22)24-11(3)4)9-14-8-15(20)17-13-6-5-12(7-13)16(14)17/h5-6,10-17H,7-9H2,1-4H3. The lowest BCUT2D eigenvalue weighted by Crippen LogP contribution is -2.51. The summed E-state index contributed by atoms with van der Waals surface area (Å²) in [5.74, 6) is 2.17. The molecule has 0 aromatic rings. The number of carbonyl (C=O) groups excluding carboxylic acids is 2. The number of rotatable bonds is 4. The molecule has 0 radical (unpaired) electrons. The van der Waals surface area contributed by atoms with E-state index < -0.39 is 5.41 Å². The van der Waals surface area contributed by atoms with E-state index in [1.165, 1.54) is 6.42 Å². The number of carbonyl (C=O) groups is 2. The summed E-state index contributed by atoms with van der Waals surface area (Å²) in [6, 6.07) is 0. The molecular formula is C20H28O4. The molecule has 4 heteroatoms. The molecule has 0 saturated heterocycles. The molecule has 0 aliphatic heterocycles. The van der Waals surface area contributed by atoms with E-state index in [0.717, 1.165) is 6.42 Å². The Hall–Kier alpha value is -1.32. The predicted octanol–water partition coefficient (Wildman–Crippen LogP) is 3.35. The largest absolute Gasteiger partial charge is 0.462 e. The quantitative estimate of drug-likeness (QED) is 0.343. The molecule has 0 spiro atoms. The van der Waals surface area contributed by atoms with Crippen LogP contribution in [0.2, 0.25) is 0 Å². The zero-order valence-corrected chi connectivity index (χ0v) is 15.0. The maximum atomic E-state index is 13.0. The molecule has 0 amide bonds. The topological polar surface area (TPSA) is 52.6 Å². The molecule has 24 heavy (non-hydrogen) atoms. The number of esters is 2. The van der Waals surface area contributed by atoms with Gasteiger partial charge in [0.25, 0.3) is 0 Å². The molecule has 0 aromatic heterocycles. The van der Waals surface area contributed by atoms with Gasteiger partial charge in [-0.05, 0) is 82.5 Å². The fourth-order valence-corrected chi connectivity index (χ4v) is 6.27. The summed E-state index contributed by atoms with van der Waals surface area (Å²) in [5, 5.41) is 0. The average molecular weight is 332 g/mol. The smallest absolute Gasteiger partial charge is 0.324 e. The molecule has 6 atom stereocenters. The Bertz CT molecular complexity index is 568. The minimum atomic E-state index is -1.07. The minimum absolute atomic E-state index is 0.0879. The van der Waals surface area contributed by atoms with Crippen molar-refractivity contribution in [2.75, 3.05) is 0 Å². The van der Waals surface area contributed by atoms with Crippen LogP contribution in [0.5, 0.6) is 0 Å². The van der Waals surface area contributed by atoms with Gasteiger partial charge in [0.2, 0.25) is 0 Å². The van der Waals surface area contributed by atoms with Gasteiger partial charge in [-0.3, -0.25) is 9.59 Å². The first-order valence-corrected chi connectivity index (χ1v) is 9.45. The zero-order valence-electron chi connectivity index (χ0n) is 15.0. The molecule has 4 nitrogen and oxygen atoms in total. The highest BCUT2D eigenvalue weighted by molar-refractivity contribution is 6.01. The molecule has 0 N–H and O–H groups in total. The second-order valence-electron chi connectivity index (χ2n) is 8.79. The zero-order chi connectivity index (χ0) is 17.2. The van der Waals surface area contributed by atoms with Crippen molar-refractivity contribution in [2.24, 2.45) is 40.9 Å². The van der Waals surface area contributed by atoms with Gasteiger partial charge in [0.1, 0.15) is 0 Å². The molecule has 3 fully saturated rings. The van der Waals surface area contributed by atoms with Gasteiger partial charge in [0, 0.05) is 0 Å². The van der Waals surface area contributed by atoms with Crippen LogP contribution in [0.15, 0.2) is 12.2 Å². The van der Waals surface area contributed by atoms with E-state index in [0.29, 0.717) is 36.0 Å². The summed E-state index contributed by atoms with van der Waals surface area (Å²) in [7, 11) is 0. The van der Waals surface area contributed by atoms with E-state index >= 15 is 0 Å². The molecule has 0 heterocycles. The third-order valence-electron chi connectivity index (χ3n) is 6.78. The highest BCUT2D eigenvalue weighted by Crippen LogP contribution is 2.70. The molecule has 0 aromatic carbocycles. The second kappa shape index (κ2) is 5.34. The van der Waals surface area contributed by atoms with E-state index in [4.69, 9.17) is 9.47 Å². The Kier molecular flexibility index (Phi) is 3.59. The number of fused-ring (bicyclic) bond motifs is 9. The molecule has 4 bridgehead atoms. The third-order valence-corrected chi connectivity index (χ3v) is 6.78. The van der Waals surface area contributed by atoms with Crippen LogP contribution in [-0.2, 0) is 19.1 Å². The highest BCUT2D eigenvalue weighted by Gasteiger charge is 2.72. The van der Waals surface area contributed by atoms with Gasteiger partial charge in [0.15, 0.2) is 5.41 Å². The van der Waals surface area contributed by atoms with E-state index in [9.17, 15) is 9.59 Å². The van der Waals surface area contributed by atoms with Crippen LogP contribution in [0, 0.1) is 40.9 Å². The SMILES string of the molecule is CC(C)OC(=O)C1(C(=O)OC(C)C)CC2CC1C1C3C=CC(C3)C21. The van der Waals surface area contributed by atoms with Crippen molar-refractivity contribution in [3.63, 3.8) is 0 Å². The van der Waals surface area contributed by atoms with Gasteiger partial charge in [-0.15, -0.1) is 0 Å². The summed E-state index contributed by atoms with van der Waals surface area (Å²) >= 11 is 0. The lowest BCUT2D eigenvalue weighted by atomic mass is 9.62. The van der Waals surface area contributed by atoms with E-state index in [2.05, 4.69) is 12.2 Å². The summed E-state index contributed by atoms with van der Waals surface area (Å²) in [4.78, 5) is 26.1. The Morgan fingerprint density at radius 3 is 2.00 bits per heavy atom. The number of allylic oxidation sites excluding steroid dienone is 2. The van der Waals surface area contributed by atoms with Crippen LogP contribution < -0.4 is 0 Å². The molecule has 4 aliphatic rings. The maximum Gasteiger partial charge on any atom is 0.324 e. The van der Waals surface area contributed by atoms with Crippen molar-refractivity contribution >= 4 is 11.9 Å². The summed E-state index contributed by atoms with van der Waals surface area (Å²) in [6.45, 7) is 7.37. The molecule has 132 valence electrons. The van der Waals surface area contributed by atoms with Gasteiger partial charge in [0.05, 0.1) is 12.2 Å². The lowest BCUT2D eigenvalue weighted by molar-refractivity contribution is -0.184. The Balaban J connectivity index is 1.69. The van der Waals surface area contributed by atoms with Crippen LogP contribution in [0.1, 0.15) is 47.0 Å².